The SMILES string of the molecule is CCCCCCCC/C=C\CCCCCCCCCCCC(=O)OC(COC(=O)CCCCCCCCCCCCCCC)COC(=O)CCCCCCCCCCCCCCCCC/C=C\CCCCCCCCCC. The summed E-state index contributed by atoms with van der Waals surface area (Å²) in [5.41, 5.74) is 0. The zero-order valence-corrected chi connectivity index (χ0v) is 52.3. The van der Waals surface area contributed by atoms with Crippen LogP contribution in [0.1, 0.15) is 393 Å². The fraction of sp³-hybridized carbons (Fsp3) is 0.901. The fourth-order valence-electron chi connectivity index (χ4n) is 10.7. The Morgan fingerprint density at radius 1 is 0.247 bits per heavy atom. The zero-order valence-electron chi connectivity index (χ0n) is 52.3. The average molecular weight is 1080 g/mol. The van der Waals surface area contributed by atoms with Crippen LogP contribution < -0.4 is 0 Å². The highest BCUT2D eigenvalue weighted by Crippen LogP contribution is 2.18. The minimum atomic E-state index is -0.769. The molecule has 0 rings (SSSR count). The van der Waals surface area contributed by atoms with Gasteiger partial charge in [0.2, 0.25) is 0 Å². The fourth-order valence-corrected chi connectivity index (χ4v) is 10.7. The van der Waals surface area contributed by atoms with Gasteiger partial charge in [0.25, 0.3) is 0 Å². The molecule has 0 aromatic heterocycles. The van der Waals surface area contributed by atoms with Gasteiger partial charge < -0.3 is 14.2 Å². The third-order valence-corrected chi connectivity index (χ3v) is 15.9. The summed E-state index contributed by atoms with van der Waals surface area (Å²) >= 11 is 0. The van der Waals surface area contributed by atoms with Crippen LogP contribution in [0.2, 0.25) is 0 Å². The predicted octanol–water partition coefficient (Wildman–Crippen LogP) is 23.8. The van der Waals surface area contributed by atoms with Gasteiger partial charge in [-0.2, -0.15) is 0 Å². The second-order valence-corrected chi connectivity index (χ2v) is 23.8. The molecule has 0 aliphatic carbocycles. The van der Waals surface area contributed by atoms with E-state index in [1.165, 1.54) is 295 Å². The Kier molecular flexibility index (Phi) is 64.6. The minimum Gasteiger partial charge on any atom is -0.462 e. The van der Waals surface area contributed by atoms with Gasteiger partial charge in [0.15, 0.2) is 6.10 Å². The molecule has 454 valence electrons. The van der Waals surface area contributed by atoms with Crippen molar-refractivity contribution in [3.8, 4) is 0 Å². The van der Waals surface area contributed by atoms with Crippen LogP contribution in [0.25, 0.3) is 0 Å². The standard InChI is InChI=1S/C71H134O6/c1-4-7-10-13-16-19-22-25-27-29-31-32-33-34-35-36-37-38-40-41-43-46-49-52-55-58-61-64-70(73)76-67-68(66-75-69(72)63-60-57-54-51-48-45-24-21-18-15-12-9-6-3)77-71(74)65-62-59-56-53-50-47-44-42-39-30-28-26-23-20-17-14-11-8-5-2/h26,28-29,31,68H,4-25,27,30,32-67H2,1-3H3/b28-26-,31-29-. The van der Waals surface area contributed by atoms with Crippen LogP contribution in [0.3, 0.4) is 0 Å². The van der Waals surface area contributed by atoms with Gasteiger partial charge in [-0.25, -0.2) is 0 Å². The Bertz CT molecular complexity index is 1240. The Hall–Kier alpha value is -2.11. The van der Waals surface area contributed by atoms with E-state index in [1.807, 2.05) is 0 Å². The smallest absolute Gasteiger partial charge is 0.306 e. The molecule has 0 spiro atoms. The zero-order chi connectivity index (χ0) is 55.7. The molecule has 1 atom stereocenters. The summed E-state index contributed by atoms with van der Waals surface area (Å²) in [5.74, 6) is -0.838. The van der Waals surface area contributed by atoms with Crippen LogP contribution in [0.15, 0.2) is 24.3 Å². The number of allylic oxidation sites excluding steroid dienone is 4. The molecular formula is C71H134O6. The summed E-state index contributed by atoms with van der Waals surface area (Å²) in [6, 6.07) is 0. The van der Waals surface area contributed by atoms with Gasteiger partial charge in [-0.15, -0.1) is 0 Å². The number of hydrogen-bond acceptors (Lipinski definition) is 6. The lowest BCUT2D eigenvalue weighted by molar-refractivity contribution is -0.167. The molecule has 0 saturated heterocycles. The predicted molar refractivity (Wildman–Crippen MR) is 335 cm³/mol. The van der Waals surface area contributed by atoms with E-state index in [4.69, 9.17) is 14.2 Å². The quantitative estimate of drug-likeness (QED) is 0.0261. The summed E-state index contributed by atoms with van der Waals surface area (Å²) in [5, 5.41) is 0. The highest BCUT2D eigenvalue weighted by molar-refractivity contribution is 5.71. The first kappa shape index (κ1) is 74.9. The van der Waals surface area contributed by atoms with Crippen molar-refractivity contribution in [2.75, 3.05) is 13.2 Å². The van der Waals surface area contributed by atoms with E-state index in [2.05, 4.69) is 45.1 Å². The van der Waals surface area contributed by atoms with E-state index < -0.39 is 6.10 Å². The van der Waals surface area contributed by atoms with Crippen LogP contribution in [0.4, 0.5) is 0 Å². The molecule has 0 radical (unpaired) electrons. The first-order valence-corrected chi connectivity index (χ1v) is 34.8. The van der Waals surface area contributed by atoms with Crippen molar-refractivity contribution >= 4 is 17.9 Å². The number of rotatable bonds is 65. The molecule has 0 bridgehead atoms. The van der Waals surface area contributed by atoms with Crippen LogP contribution in [-0.4, -0.2) is 37.2 Å². The first-order chi connectivity index (χ1) is 38.0. The molecule has 0 saturated carbocycles. The summed E-state index contributed by atoms with van der Waals surface area (Å²) in [6.07, 6.45) is 80.6. The van der Waals surface area contributed by atoms with Gasteiger partial charge in [-0.3, -0.25) is 14.4 Å². The van der Waals surface area contributed by atoms with E-state index in [0.717, 1.165) is 57.8 Å². The summed E-state index contributed by atoms with van der Waals surface area (Å²) < 4.78 is 17.0. The van der Waals surface area contributed by atoms with Crippen LogP contribution in [0, 0.1) is 0 Å². The Morgan fingerprint density at radius 2 is 0.429 bits per heavy atom. The topological polar surface area (TPSA) is 78.9 Å². The molecule has 0 aromatic carbocycles. The highest BCUT2D eigenvalue weighted by Gasteiger charge is 2.19. The molecule has 0 N–H and O–H groups in total. The van der Waals surface area contributed by atoms with Gasteiger partial charge in [0.1, 0.15) is 13.2 Å². The van der Waals surface area contributed by atoms with Gasteiger partial charge >= 0.3 is 17.9 Å². The monoisotopic (exact) mass is 1080 g/mol. The number of esters is 3. The van der Waals surface area contributed by atoms with Crippen LogP contribution in [-0.2, 0) is 28.6 Å². The van der Waals surface area contributed by atoms with Gasteiger partial charge in [0.05, 0.1) is 0 Å². The van der Waals surface area contributed by atoms with Crippen molar-refractivity contribution < 1.29 is 28.6 Å². The number of hydrogen-bond donors (Lipinski definition) is 0. The normalized spacial score (nSPS) is 12.1. The number of carbonyl (C=O) groups is 3. The van der Waals surface area contributed by atoms with Crippen molar-refractivity contribution in [2.24, 2.45) is 0 Å². The van der Waals surface area contributed by atoms with Crippen LogP contribution >= 0.6 is 0 Å². The number of unbranched alkanes of at least 4 members (excludes halogenated alkanes) is 50. The van der Waals surface area contributed by atoms with Gasteiger partial charge in [-0.1, -0.05) is 328 Å². The highest BCUT2D eigenvalue weighted by atomic mass is 16.6. The maximum absolute atomic E-state index is 12.9. The number of ether oxygens (including phenoxy) is 3. The van der Waals surface area contributed by atoms with Crippen molar-refractivity contribution in [3.05, 3.63) is 24.3 Å². The molecule has 0 aliphatic heterocycles. The Labute approximate surface area is 481 Å². The first-order valence-electron chi connectivity index (χ1n) is 34.8. The average Bonchev–Trinajstić information content (AvgIpc) is 3.43. The molecule has 1 unspecified atom stereocenters. The van der Waals surface area contributed by atoms with Crippen molar-refractivity contribution in [1.82, 2.24) is 0 Å². The lowest BCUT2D eigenvalue weighted by Gasteiger charge is -2.18. The largest absolute Gasteiger partial charge is 0.462 e. The molecular weight excluding hydrogens is 949 g/mol. The molecule has 77 heavy (non-hydrogen) atoms. The van der Waals surface area contributed by atoms with Crippen LogP contribution in [0.5, 0.6) is 0 Å². The van der Waals surface area contributed by atoms with Crippen molar-refractivity contribution in [1.29, 1.82) is 0 Å². The summed E-state index contributed by atoms with van der Waals surface area (Å²) in [4.78, 5) is 38.4. The van der Waals surface area contributed by atoms with Crippen molar-refractivity contribution in [2.45, 2.75) is 399 Å². The number of carbonyl (C=O) groups excluding carboxylic acids is 3. The Morgan fingerprint density at radius 3 is 0.649 bits per heavy atom. The third-order valence-electron chi connectivity index (χ3n) is 15.9. The third kappa shape index (κ3) is 64.6. The van der Waals surface area contributed by atoms with E-state index in [0.29, 0.717) is 19.3 Å². The molecule has 0 heterocycles. The van der Waals surface area contributed by atoms with E-state index >= 15 is 0 Å². The lowest BCUT2D eigenvalue weighted by Crippen LogP contribution is -2.30. The summed E-state index contributed by atoms with van der Waals surface area (Å²) in [6.45, 7) is 6.71. The van der Waals surface area contributed by atoms with Crippen molar-refractivity contribution in [3.63, 3.8) is 0 Å². The molecule has 0 amide bonds. The molecule has 6 heteroatoms. The minimum absolute atomic E-state index is 0.0660. The van der Waals surface area contributed by atoms with E-state index in [1.54, 1.807) is 0 Å². The van der Waals surface area contributed by atoms with Gasteiger partial charge in [-0.05, 0) is 70.6 Å². The molecule has 0 fully saturated rings. The van der Waals surface area contributed by atoms with E-state index in [-0.39, 0.29) is 31.1 Å². The maximum atomic E-state index is 12.9. The maximum Gasteiger partial charge on any atom is 0.306 e. The molecule has 0 aliphatic rings. The van der Waals surface area contributed by atoms with Gasteiger partial charge in [0, 0.05) is 19.3 Å². The second-order valence-electron chi connectivity index (χ2n) is 23.8. The Balaban J connectivity index is 4.20. The second kappa shape index (κ2) is 66.4. The molecule has 0 aromatic rings. The van der Waals surface area contributed by atoms with E-state index in [9.17, 15) is 14.4 Å². The summed E-state index contributed by atoms with van der Waals surface area (Å²) in [7, 11) is 0. The lowest BCUT2D eigenvalue weighted by atomic mass is 10.0. The molecule has 6 nitrogen and oxygen atoms in total.